The molecule has 0 aliphatic heterocycles. The van der Waals surface area contributed by atoms with Crippen LogP contribution in [0.2, 0.25) is 0 Å². The van der Waals surface area contributed by atoms with Gasteiger partial charge in [0.25, 0.3) is 0 Å². The molecule has 0 saturated heterocycles. The molecule has 0 fully saturated rings. The second kappa shape index (κ2) is 6.70. The van der Waals surface area contributed by atoms with Crippen molar-refractivity contribution in [3.05, 3.63) is 35.9 Å². The zero-order valence-electron chi connectivity index (χ0n) is 11.3. The number of rotatable bonds is 4. The summed E-state index contributed by atoms with van der Waals surface area (Å²) in [6.07, 6.45) is -0.601. The number of benzene rings is 1. The maximum atomic E-state index is 11.9. The highest BCUT2D eigenvalue weighted by Crippen LogP contribution is 2.16. The minimum absolute atomic E-state index is 0.128. The topological polar surface area (TPSA) is 55.4 Å². The zero-order chi connectivity index (χ0) is 14.5. The average molecular weight is 328 g/mol. The summed E-state index contributed by atoms with van der Waals surface area (Å²) in [6, 6.07) is 8.38. The van der Waals surface area contributed by atoms with Crippen LogP contribution < -0.4 is 5.32 Å². The lowest BCUT2D eigenvalue weighted by molar-refractivity contribution is -0.118. The van der Waals surface area contributed by atoms with Gasteiger partial charge in [0.2, 0.25) is 0 Å². The van der Waals surface area contributed by atoms with E-state index in [4.69, 9.17) is 4.74 Å². The molecular formula is C14H18BrNO3. The van der Waals surface area contributed by atoms with E-state index in [0.29, 0.717) is 0 Å². The summed E-state index contributed by atoms with van der Waals surface area (Å²) in [4.78, 5) is 23.7. The maximum absolute atomic E-state index is 11.9. The smallest absolute Gasteiger partial charge is 0.408 e. The monoisotopic (exact) mass is 327 g/mol. The van der Waals surface area contributed by atoms with Crippen LogP contribution in [0.1, 0.15) is 32.4 Å². The number of hydrogen-bond donors (Lipinski definition) is 1. The third-order valence-electron chi connectivity index (χ3n) is 2.25. The summed E-state index contributed by atoms with van der Waals surface area (Å²) in [5.74, 6) is -0.128. The summed E-state index contributed by atoms with van der Waals surface area (Å²) >= 11 is 3.12. The standard InChI is InChI=1S/C14H18BrNO3/c1-14(2,3)19-13(18)16-12(11(17)9-15)10-7-5-4-6-8-10/h4-8,12H,9H2,1-3H3,(H,16,18). The molecule has 5 heteroatoms. The van der Waals surface area contributed by atoms with Gasteiger partial charge in [-0.05, 0) is 26.3 Å². The van der Waals surface area contributed by atoms with Crippen LogP contribution in [0.4, 0.5) is 4.79 Å². The number of hydrogen-bond acceptors (Lipinski definition) is 3. The fraction of sp³-hybridized carbons (Fsp3) is 0.429. The molecule has 0 heterocycles. The predicted octanol–water partition coefficient (Wildman–Crippen LogP) is 3.22. The van der Waals surface area contributed by atoms with Gasteiger partial charge in [-0.2, -0.15) is 0 Å². The van der Waals surface area contributed by atoms with E-state index in [2.05, 4.69) is 21.2 Å². The van der Waals surface area contributed by atoms with Crippen molar-refractivity contribution in [2.24, 2.45) is 0 Å². The number of Topliss-reactive ketones (excluding diaryl/α,β-unsaturated/α-hetero) is 1. The Hall–Kier alpha value is -1.36. The number of ether oxygens (including phenoxy) is 1. The van der Waals surface area contributed by atoms with Gasteiger partial charge < -0.3 is 10.1 Å². The van der Waals surface area contributed by atoms with Crippen LogP contribution in [-0.4, -0.2) is 22.8 Å². The number of carbonyl (C=O) groups is 2. The van der Waals surface area contributed by atoms with Crippen LogP contribution in [0.3, 0.4) is 0 Å². The van der Waals surface area contributed by atoms with Crippen LogP contribution in [0.25, 0.3) is 0 Å². The number of carbonyl (C=O) groups excluding carboxylic acids is 2. The molecule has 1 atom stereocenters. The third kappa shape index (κ3) is 5.42. The van der Waals surface area contributed by atoms with Crippen LogP contribution in [0.15, 0.2) is 30.3 Å². The van der Waals surface area contributed by atoms with E-state index in [1.165, 1.54) is 0 Å². The highest BCUT2D eigenvalue weighted by Gasteiger charge is 2.24. The number of alkyl carbamates (subject to hydrolysis) is 1. The maximum Gasteiger partial charge on any atom is 0.408 e. The summed E-state index contributed by atoms with van der Waals surface area (Å²) < 4.78 is 5.17. The molecule has 1 aromatic rings. The van der Waals surface area contributed by atoms with Crippen molar-refractivity contribution in [3.8, 4) is 0 Å². The molecule has 0 aromatic heterocycles. The summed E-state index contributed by atoms with van der Waals surface area (Å²) in [6.45, 7) is 5.32. The number of halogens is 1. The van der Waals surface area contributed by atoms with Crippen molar-refractivity contribution in [3.63, 3.8) is 0 Å². The van der Waals surface area contributed by atoms with Gasteiger partial charge in [0.1, 0.15) is 11.6 Å². The van der Waals surface area contributed by atoms with Crippen LogP contribution >= 0.6 is 15.9 Å². The molecule has 0 radical (unpaired) electrons. The van der Waals surface area contributed by atoms with Crippen molar-refractivity contribution in [1.82, 2.24) is 5.32 Å². The lowest BCUT2D eigenvalue weighted by Crippen LogP contribution is -2.38. The average Bonchev–Trinajstić information content (AvgIpc) is 2.34. The molecular weight excluding hydrogens is 310 g/mol. The SMILES string of the molecule is CC(C)(C)OC(=O)NC(C(=O)CBr)c1ccccc1. The molecule has 1 rings (SSSR count). The number of nitrogens with one attached hydrogen (secondary N) is 1. The summed E-state index contributed by atoms with van der Waals surface area (Å²) in [7, 11) is 0. The minimum Gasteiger partial charge on any atom is -0.444 e. The predicted molar refractivity (Wildman–Crippen MR) is 77.4 cm³/mol. The lowest BCUT2D eigenvalue weighted by Gasteiger charge is -2.23. The quantitative estimate of drug-likeness (QED) is 0.864. The van der Waals surface area contributed by atoms with Gasteiger partial charge in [0.15, 0.2) is 5.78 Å². The second-order valence-corrected chi connectivity index (χ2v) is 5.65. The minimum atomic E-state index is -0.699. The van der Waals surface area contributed by atoms with Crippen molar-refractivity contribution in [2.45, 2.75) is 32.4 Å². The van der Waals surface area contributed by atoms with Gasteiger partial charge in [0, 0.05) is 0 Å². The van der Waals surface area contributed by atoms with E-state index in [1.54, 1.807) is 32.9 Å². The molecule has 0 saturated carbocycles. The highest BCUT2D eigenvalue weighted by molar-refractivity contribution is 9.09. The van der Waals surface area contributed by atoms with E-state index >= 15 is 0 Å². The van der Waals surface area contributed by atoms with Crippen molar-refractivity contribution in [2.75, 3.05) is 5.33 Å². The van der Waals surface area contributed by atoms with Crippen LogP contribution in [-0.2, 0) is 9.53 Å². The van der Waals surface area contributed by atoms with E-state index in [-0.39, 0.29) is 11.1 Å². The van der Waals surface area contributed by atoms with E-state index in [0.717, 1.165) is 5.56 Å². The molecule has 19 heavy (non-hydrogen) atoms. The lowest BCUT2D eigenvalue weighted by atomic mass is 10.0. The molecule has 0 aliphatic rings. The Morgan fingerprint density at radius 1 is 1.26 bits per heavy atom. The van der Waals surface area contributed by atoms with Gasteiger partial charge >= 0.3 is 6.09 Å². The number of ketones is 1. The molecule has 104 valence electrons. The number of alkyl halides is 1. The van der Waals surface area contributed by atoms with Crippen molar-refractivity contribution >= 4 is 27.8 Å². The van der Waals surface area contributed by atoms with Gasteiger partial charge in [-0.1, -0.05) is 46.3 Å². The van der Waals surface area contributed by atoms with Crippen LogP contribution in [0, 0.1) is 0 Å². The largest absolute Gasteiger partial charge is 0.444 e. The van der Waals surface area contributed by atoms with Gasteiger partial charge in [-0.25, -0.2) is 4.79 Å². The second-order valence-electron chi connectivity index (χ2n) is 5.09. The van der Waals surface area contributed by atoms with Crippen molar-refractivity contribution in [1.29, 1.82) is 0 Å². The molecule has 0 aliphatic carbocycles. The first kappa shape index (κ1) is 15.7. The van der Waals surface area contributed by atoms with E-state index < -0.39 is 17.7 Å². The first-order valence-corrected chi connectivity index (χ1v) is 7.09. The summed E-state index contributed by atoms with van der Waals surface area (Å²) in [5, 5.41) is 2.77. The third-order valence-corrected chi connectivity index (χ3v) is 2.80. The first-order valence-electron chi connectivity index (χ1n) is 5.96. The normalized spacial score (nSPS) is 12.6. The van der Waals surface area contributed by atoms with E-state index in [9.17, 15) is 9.59 Å². The Balaban J connectivity index is 2.83. The molecule has 1 N–H and O–H groups in total. The molecule has 0 spiro atoms. The highest BCUT2D eigenvalue weighted by atomic mass is 79.9. The Kier molecular flexibility index (Phi) is 5.54. The van der Waals surface area contributed by atoms with Gasteiger partial charge in [-0.15, -0.1) is 0 Å². The van der Waals surface area contributed by atoms with Gasteiger partial charge in [0.05, 0.1) is 5.33 Å². The Morgan fingerprint density at radius 2 is 1.84 bits per heavy atom. The summed E-state index contributed by atoms with van der Waals surface area (Å²) in [5.41, 5.74) is 0.140. The molecule has 1 aromatic carbocycles. The Labute approximate surface area is 121 Å². The van der Waals surface area contributed by atoms with Crippen molar-refractivity contribution < 1.29 is 14.3 Å². The molecule has 1 amide bonds. The molecule has 1 unspecified atom stereocenters. The molecule has 4 nitrogen and oxygen atoms in total. The zero-order valence-corrected chi connectivity index (χ0v) is 12.9. The van der Waals surface area contributed by atoms with Gasteiger partial charge in [-0.3, -0.25) is 4.79 Å². The Bertz CT molecular complexity index is 440. The first-order chi connectivity index (χ1) is 8.83. The Morgan fingerprint density at radius 3 is 2.32 bits per heavy atom. The van der Waals surface area contributed by atoms with Crippen LogP contribution in [0.5, 0.6) is 0 Å². The fourth-order valence-electron chi connectivity index (χ4n) is 1.50. The molecule has 0 bridgehead atoms. The fourth-order valence-corrected chi connectivity index (χ4v) is 1.82. The van der Waals surface area contributed by atoms with E-state index in [1.807, 2.05) is 18.2 Å². The number of amides is 1.